The van der Waals surface area contributed by atoms with E-state index in [2.05, 4.69) is 35.3 Å². The molecule has 108 valence electrons. The molecule has 2 unspecified atom stereocenters. The maximum Gasteiger partial charge on any atom is 0.0521 e. The first-order valence-electron chi connectivity index (χ1n) is 7.62. The van der Waals surface area contributed by atoms with Gasteiger partial charge in [0.15, 0.2) is 0 Å². The van der Waals surface area contributed by atoms with Crippen LogP contribution in [0.25, 0.3) is 0 Å². The van der Waals surface area contributed by atoms with E-state index in [0.29, 0.717) is 6.04 Å². The van der Waals surface area contributed by atoms with Crippen LogP contribution in [-0.2, 0) is 13.5 Å². The summed E-state index contributed by atoms with van der Waals surface area (Å²) in [4.78, 5) is 0. The Bertz CT molecular complexity index is 358. The summed E-state index contributed by atoms with van der Waals surface area (Å²) in [6.07, 6.45) is 12.0. The normalized spacial score (nSPS) is 21.5. The predicted octanol–water partition coefficient (Wildman–Crippen LogP) is 3.01. The van der Waals surface area contributed by atoms with Crippen LogP contribution in [0.4, 0.5) is 0 Å². The first-order valence-corrected chi connectivity index (χ1v) is 8.67. The van der Waals surface area contributed by atoms with Crippen LogP contribution in [-0.4, -0.2) is 33.4 Å². The van der Waals surface area contributed by atoms with Crippen LogP contribution in [0.5, 0.6) is 0 Å². The maximum absolute atomic E-state index is 4.26. The van der Waals surface area contributed by atoms with Gasteiger partial charge in [0.2, 0.25) is 0 Å². The van der Waals surface area contributed by atoms with Crippen molar-refractivity contribution in [1.82, 2.24) is 15.1 Å². The van der Waals surface area contributed by atoms with Crippen molar-refractivity contribution in [3.8, 4) is 0 Å². The van der Waals surface area contributed by atoms with Crippen LogP contribution in [0.1, 0.15) is 44.6 Å². The van der Waals surface area contributed by atoms with Crippen LogP contribution in [0, 0.1) is 0 Å². The topological polar surface area (TPSA) is 29.9 Å². The quantitative estimate of drug-likeness (QED) is 0.833. The molecular weight excluding hydrogens is 254 g/mol. The van der Waals surface area contributed by atoms with Crippen LogP contribution in [0.3, 0.4) is 0 Å². The molecule has 0 saturated carbocycles. The first-order chi connectivity index (χ1) is 9.29. The summed E-state index contributed by atoms with van der Waals surface area (Å²) in [5.41, 5.74) is 1.37. The van der Waals surface area contributed by atoms with Gasteiger partial charge in [-0.3, -0.25) is 4.68 Å². The highest BCUT2D eigenvalue weighted by Gasteiger charge is 2.23. The number of hydrogen-bond donors (Lipinski definition) is 1. The molecule has 2 rings (SSSR count). The Morgan fingerprint density at radius 1 is 1.53 bits per heavy atom. The lowest BCUT2D eigenvalue weighted by molar-refractivity contribution is 0.440. The molecule has 1 fully saturated rings. The number of thioether (sulfide) groups is 1. The van der Waals surface area contributed by atoms with Gasteiger partial charge in [0.1, 0.15) is 0 Å². The average molecular weight is 281 g/mol. The minimum Gasteiger partial charge on any atom is -0.313 e. The van der Waals surface area contributed by atoms with Crippen LogP contribution in [0.15, 0.2) is 12.4 Å². The Labute approximate surface area is 121 Å². The summed E-state index contributed by atoms with van der Waals surface area (Å²) in [6.45, 7) is 3.40. The third-order valence-electron chi connectivity index (χ3n) is 3.82. The van der Waals surface area contributed by atoms with Crippen LogP contribution < -0.4 is 5.32 Å². The molecule has 1 aliphatic rings. The largest absolute Gasteiger partial charge is 0.313 e. The second kappa shape index (κ2) is 7.95. The molecule has 1 aromatic heterocycles. The number of aromatic nitrogens is 2. The highest BCUT2D eigenvalue weighted by Crippen LogP contribution is 2.29. The van der Waals surface area contributed by atoms with E-state index >= 15 is 0 Å². The van der Waals surface area contributed by atoms with Gasteiger partial charge in [0, 0.05) is 24.5 Å². The molecule has 19 heavy (non-hydrogen) atoms. The molecule has 0 amide bonds. The average Bonchev–Trinajstić information content (AvgIpc) is 2.86. The van der Waals surface area contributed by atoms with E-state index in [9.17, 15) is 0 Å². The molecule has 0 aromatic carbocycles. The van der Waals surface area contributed by atoms with Gasteiger partial charge in [0.05, 0.1) is 6.20 Å². The zero-order valence-electron chi connectivity index (χ0n) is 12.3. The summed E-state index contributed by atoms with van der Waals surface area (Å²) in [5, 5.41) is 8.85. The fourth-order valence-electron chi connectivity index (χ4n) is 2.76. The Morgan fingerprint density at radius 2 is 2.42 bits per heavy atom. The fourth-order valence-corrected chi connectivity index (χ4v) is 4.23. The zero-order valence-corrected chi connectivity index (χ0v) is 13.1. The van der Waals surface area contributed by atoms with Gasteiger partial charge < -0.3 is 5.32 Å². The summed E-state index contributed by atoms with van der Waals surface area (Å²) in [6, 6.07) is 0.672. The number of rotatable bonds is 7. The monoisotopic (exact) mass is 281 g/mol. The molecule has 1 N–H and O–H groups in total. The SMILES string of the molecule is CCCNC(CCc1cnn(C)c1)C1CCCCS1. The van der Waals surface area contributed by atoms with E-state index in [-0.39, 0.29) is 0 Å². The molecule has 3 nitrogen and oxygen atoms in total. The van der Waals surface area contributed by atoms with Crippen molar-refractivity contribution in [3.63, 3.8) is 0 Å². The van der Waals surface area contributed by atoms with Crippen molar-refractivity contribution in [2.45, 2.75) is 56.7 Å². The van der Waals surface area contributed by atoms with Crippen molar-refractivity contribution in [3.05, 3.63) is 18.0 Å². The molecular formula is C15H27N3S. The van der Waals surface area contributed by atoms with Crippen molar-refractivity contribution < 1.29 is 0 Å². The Kier molecular flexibility index (Phi) is 6.24. The molecule has 1 aliphatic heterocycles. The van der Waals surface area contributed by atoms with Crippen LogP contribution in [0.2, 0.25) is 0 Å². The number of hydrogen-bond acceptors (Lipinski definition) is 3. The molecule has 1 saturated heterocycles. The van der Waals surface area contributed by atoms with Gasteiger partial charge in [-0.1, -0.05) is 13.3 Å². The number of nitrogens with one attached hydrogen (secondary N) is 1. The maximum atomic E-state index is 4.26. The minimum absolute atomic E-state index is 0.672. The smallest absolute Gasteiger partial charge is 0.0521 e. The Morgan fingerprint density at radius 3 is 3.05 bits per heavy atom. The third kappa shape index (κ3) is 4.84. The molecule has 1 aromatic rings. The van der Waals surface area contributed by atoms with E-state index in [1.165, 1.54) is 43.4 Å². The van der Waals surface area contributed by atoms with Crippen molar-refractivity contribution in [2.75, 3.05) is 12.3 Å². The third-order valence-corrected chi connectivity index (χ3v) is 5.34. The molecule has 4 heteroatoms. The lowest BCUT2D eigenvalue weighted by Crippen LogP contribution is -2.40. The van der Waals surface area contributed by atoms with Gasteiger partial charge in [-0.25, -0.2) is 0 Å². The van der Waals surface area contributed by atoms with Gasteiger partial charge in [0.25, 0.3) is 0 Å². The molecule has 2 atom stereocenters. The van der Waals surface area contributed by atoms with Gasteiger partial charge in [-0.15, -0.1) is 0 Å². The van der Waals surface area contributed by atoms with E-state index in [4.69, 9.17) is 0 Å². The summed E-state index contributed by atoms with van der Waals surface area (Å²) in [7, 11) is 1.99. The van der Waals surface area contributed by atoms with Crippen molar-refractivity contribution in [1.29, 1.82) is 0 Å². The van der Waals surface area contributed by atoms with Gasteiger partial charge in [-0.2, -0.15) is 16.9 Å². The van der Waals surface area contributed by atoms with Crippen LogP contribution >= 0.6 is 11.8 Å². The number of aryl methyl sites for hydroxylation is 2. The number of nitrogens with zero attached hydrogens (tertiary/aromatic N) is 2. The molecule has 0 spiro atoms. The standard InChI is InChI=1S/C15H27N3S/c1-3-9-16-14(15-6-4-5-10-19-15)8-7-13-11-17-18(2)12-13/h11-12,14-16H,3-10H2,1-2H3. The summed E-state index contributed by atoms with van der Waals surface area (Å²) >= 11 is 2.18. The summed E-state index contributed by atoms with van der Waals surface area (Å²) < 4.78 is 1.90. The lowest BCUT2D eigenvalue weighted by atomic mass is 10.0. The van der Waals surface area contributed by atoms with Gasteiger partial charge >= 0.3 is 0 Å². The Balaban J connectivity index is 1.85. The minimum atomic E-state index is 0.672. The highest BCUT2D eigenvalue weighted by molar-refractivity contribution is 8.00. The first kappa shape index (κ1) is 14.9. The molecule has 0 radical (unpaired) electrons. The highest BCUT2D eigenvalue weighted by atomic mass is 32.2. The van der Waals surface area contributed by atoms with Crippen molar-refractivity contribution in [2.24, 2.45) is 7.05 Å². The second-order valence-electron chi connectivity index (χ2n) is 5.53. The van der Waals surface area contributed by atoms with Crippen molar-refractivity contribution >= 4 is 11.8 Å². The summed E-state index contributed by atoms with van der Waals surface area (Å²) in [5.74, 6) is 1.35. The Hall–Kier alpha value is -0.480. The molecule has 0 bridgehead atoms. The second-order valence-corrected chi connectivity index (χ2v) is 6.87. The van der Waals surface area contributed by atoms with E-state index in [1.54, 1.807) is 0 Å². The van der Waals surface area contributed by atoms with E-state index in [1.807, 2.05) is 17.9 Å². The molecule has 0 aliphatic carbocycles. The van der Waals surface area contributed by atoms with E-state index in [0.717, 1.165) is 18.2 Å². The predicted molar refractivity (Wildman–Crippen MR) is 83.7 cm³/mol. The zero-order chi connectivity index (χ0) is 13.5. The molecule has 2 heterocycles. The van der Waals surface area contributed by atoms with Gasteiger partial charge in [-0.05, 0) is 50.0 Å². The van der Waals surface area contributed by atoms with E-state index < -0.39 is 0 Å². The fraction of sp³-hybridized carbons (Fsp3) is 0.800. The lowest BCUT2D eigenvalue weighted by Gasteiger charge is -2.30.